The van der Waals surface area contributed by atoms with Gasteiger partial charge in [-0.25, -0.2) is 4.79 Å². The zero-order valence-electron chi connectivity index (χ0n) is 9.51. The van der Waals surface area contributed by atoms with Crippen molar-refractivity contribution < 1.29 is 29.4 Å². The Bertz CT molecular complexity index is 381. The summed E-state index contributed by atoms with van der Waals surface area (Å²) in [5.41, 5.74) is 0. The lowest BCUT2D eigenvalue weighted by atomic mass is 10.1. The molecule has 0 aromatic carbocycles. The summed E-state index contributed by atoms with van der Waals surface area (Å²) in [6.07, 6.45) is -0.00771. The van der Waals surface area contributed by atoms with Crippen molar-refractivity contribution >= 4 is 23.8 Å². The molecule has 1 fully saturated rings. The highest BCUT2D eigenvalue weighted by molar-refractivity contribution is 5.92. The topological polar surface area (TPSA) is 133 Å². The van der Waals surface area contributed by atoms with E-state index in [4.69, 9.17) is 10.2 Å². The van der Waals surface area contributed by atoms with E-state index in [1.807, 2.05) is 0 Å². The van der Waals surface area contributed by atoms with Crippen molar-refractivity contribution in [3.05, 3.63) is 0 Å². The van der Waals surface area contributed by atoms with Crippen LogP contribution in [-0.2, 0) is 19.2 Å². The van der Waals surface area contributed by atoms with Gasteiger partial charge in [0.15, 0.2) is 0 Å². The Morgan fingerprint density at radius 3 is 2.50 bits per heavy atom. The predicted octanol–water partition coefficient (Wildman–Crippen LogP) is -1.30. The molecule has 8 heteroatoms. The Hall–Kier alpha value is -2.12. The zero-order chi connectivity index (χ0) is 13.7. The fraction of sp³-hybridized carbons (Fsp3) is 0.600. The van der Waals surface area contributed by atoms with Gasteiger partial charge in [-0.05, 0) is 12.8 Å². The molecule has 100 valence electrons. The number of carbonyl (C=O) groups excluding carboxylic acids is 2. The van der Waals surface area contributed by atoms with Crippen LogP contribution in [0.15, 0.2) is 0 Å². The third-order valence-corrected chi connectivity index (χ3v) is 2.57. The number of aliphatic carboxylic acids is 2. The van der Waals surface area contributed by atoms with Crippen LogP contribution in [-0.4, -0.2) is 46.0 Å². The number of hydrogen-bond acceptors (Lipinski definition) is 4. The molecule has 2 atom stereocenters. The maximum absolute atomic E-state index is 11.6. The highest BCUT2D eigenvalue weighted by Crippen LogP contribution is 2.07. The van der Waals surface area contributed by atoms with E-state index in [0.29, 0.717) is 6.42 Å². The first kappa shape index (κ1) is 13.9. The van der Waals surface area contributed by atoms with Crippen LogP contribution in [0.2, 0.25) is 0 Å². The quantitative estimate of drug-likeness (QED) is 0.468. The number of carbonyl (C=O) groups is 4. The second kappa shape index (κ2) is 5.99. The van der Waals surface area contributed by atoms with Crippen LogP contribution in [0.25, 0.3) is 0 Å². The van der Waals surface area contributed by atoms with Crippen molar-refractivity contribution in [1.82, 2.24) is 10.6 Å². The molecule has 0 aromatic rings. The number of carboxylic acid groups (broad SMARTS) is 2. The molecule has 2 amide bonds. The van der Waals surface area contributed by atoms with E-state index >= 15 is 0 Å². The Balaban J connectivity index is 2.49. The molecule has 1 aliphatic heterocycles. The lowest BCUT2D eigenvalue weighted by molar-refractivity contribution is -0.143. The average molecular weight is 258 g/mol. The van der Waals surface area contributed by atoms with Gasteiger partial charge < -0.3 is 20.8 Å². The number of rotatable bonds is 6. The van der Waals surface area contributed by atoms with Crippen LogP contribution >= 0.6 is 0 Å². The predicted molar refractivity (Wildman–Crippen MR) is 57.6 cm³/mol. The Morgan fingerprint density at radius 1 is 1.39 bits per heavy atom. The molecule has 1 saturated heterocycles. The van der Waals surface area contributed by atoms with Crippen molar-refractivity contribution in [3.63, 3.8) is 0 Å². The van der Waals surface area contributed by atoms with Gasteiger partial charge in [0, 0.05) is 12.8 Å². The molecule has 4 N–H and O–H groups in total. The van der Waals surface area contributed by atoms with Gasteiger partial charge in [0.25, 0.3) is 0 Å². The molecule has 1 aliphatic rings. The fourth-order valence-electron chi connectivity index (χ4n) is 1.61. The third-order valence-electron chi connectivity index (χ3n) is 2.57. The molecule has 0 unspecified atom stereocenters. The molecule has 0 spiro atoms. The minimum atomic E-state index is -1.30. The summed E-state index contributed by atoms with van der Waals surface area (Å²) >= 11 is 0. The fourth-order valence-corrected chi connectivity index (χ4v) is 1.61. The van der Waals surface area contributed by atoms with Gasteiger partial charge in [0.1, 0.15) is 12.1 Å². The lowest BCUT2D eigenvalue weighted by Gasteiger charge is -2.16. The lowest BCUT2D eigenvalue weighted by Crippen LogP contribution is -2.48. The summed E-state index contributed by atoms with van der Waals surface area (Å²) < 4.78 is 0. The molecular formula is C10H14N2O6. The molecule has 18 heavy (non-hydrogen) atoms. The Labute approximate surface area is 102 Å². The maximum atomic E-state index is 11.6. The van der Waals surface area contributed by atoms with Crippen LogP contribution < -0.4 is 10.6 Å². The maximum Gasteiger partial charge on any atom is 0.326 e. The van der Waals surface area contributed by atoms with Gasteiger partial charge in [-0.1, -0.05) is 0 Å². The standard InChI is InChI=1S/C10H14N2O6/c13-7-3-1-5(11-7)9(16)12-6(10(17)18)2-4-8(14)15/h5-6H,1-4H2,(H,11,13)(H,12,16)(H,14,15)(H,17,18)/t5-,6+/m0/s1. The van der Waals surface area contributed by atoms with Crippen molar-refractivity contribution in [3.8, 4) is 0 Å². The third kappa shape index (κ3) is 4.04. The van der Waals surface area contributed by atoms with Crippen LogP contribution in [0.3, 0.4) is 0 Å². The molecule has 1 heterocycles. The average Bonchev–Trinajstić information content (AvgIpc) is 2.70. The zero-order valence-corrected chi connectivity index (χ0v) is 9.51. The van der Waals surface area contributed by atoms with E-state index in [-0.39, 0.29) is 25.2 Å². The summed E-state index contributed by atoms with van der Waals surface area (Å²) in [4.78, 5) is 43.7. The van der Waals surface area contributed by atoms with Crippen LogP contribution in [0.1, 0.15) is 25.7 Å². The summed E-state index contributed by atoms with van der Waals surface area (Å²) in [5, 5.41) is 21.9. The van der Waals surface area contributed by atoms with E-state index in [9.17, 15) is 19.2 Å². The highest BCUT2D eigenvalue weighted by Gasteiger charge is 2.30. The van der Waals surface area contributed by atoms with Crippen LogP contribution in [0.5, 0.6) is 0 Å². The molecule has 1 rings (SSSR count). The van der Waals surface area contributed by atoms with Gasteiger partial charge in [-0.3, -0.25) is 14.4 Å². The first-order valence-electron chi connectivity index (χ1n) is 5.44. The highest BCUT2D eigenvalue weighted by atomic mass is 16.4. The number of nitrogens with one attached hydrogen (secondary N) is 2. The summed E-state index contributed by atoms with van der Waals surface area (Å²) in [5.74, 6) is -3.29. The SMILES string of the molecule is O=C(O)CC[C@@H](NC(=O)[C@@H]1CCC(=O)N1)C(=O)O. The van der Waals surface area contributed by atoms with Gasteiger partial charge >= 0.3 is 11.9 Å². The van der Waals surface area contributed by atoms with E-state index in [1.165, 1.54) is 0 Å². The number of hydrogen-bond donors (Lipinski definition) is 4. The first-order chi connectivity index (χ1) is 8.40. The molecule has 0 aliphatic carbocycles. The van der Waals surface area contributed by atoms with Crippen molar-refractivity contribution in [2.75, 3.05) is 0 Å². The molecule has 8 nitrogen and oxygen atoms in total. The second-order valence-electron chi connectivity index (χ2n) is 3.99. The summed E-state index contributed by atoms with van der Waals surface area (Å²) in [7, 11) is 0. The van der Waals surface area contributed by atoms with Crippen molar-refractivity contribution in [2.24, 2.45) is 0 Å². The van der Waals surface area contributed by atoms with Crippen molar-refractivity contribution in [1.29, 1.82) is 0 Å². The molecular weight excluding hydrogens is 244 g/mol. The monoisotopic (exact) mass is 258 g/mol. The molecule has 0 aromatic heterocycles. The van der Waals surface area contributed by atoms with E-state index in [0.717, 1.165) is 0 Å². The molecule has 0 radical (unpaired) electrons. The Kier molecular flexibility index (Phi) is 4.64. The number of carboxylic acids is 2. The smallest absolute Gasteiger partial charge is 0.326 e. The minimum Gasteiger partial charge on any atom is -0.481 e. The van der Waals surface area contributed by atoms with Crippen molar-refractivity contribution in [2.45, 2.75) is 37.8 Å². The minimum absolute atomic E-state index is 0.197. The summed E-state index contributed by atoms with van der Waals surface area (Å²) in [6, 6.07) is -1.99. The van der Waals surface area contributed by atoms with Crippen LogP contribution in [0.4, 0.5) is 0 Å². The van der Waals surface area contributed by atoms with Gasteiger partial charge in [0.05, 0.1) is 0 Å². The van der Waals surface area contributed by atoms with E-state index in [1.54, 1.807) is 0 Å². The molecule has 0 bridgehead atoms. The second-order valence-corrected chi connectivity index (χ2v) is 3.99. The largest absolute Gasteiger partial charge is 0.481 e. The normalized spacial score (nSPS) is 20.0. The van der Waals surface area contributed by atoms with Crippen LogP contribution in [0, 0.1) is 0 Å². The van der Waals surface area contributed by atoms with Gasteiger partial charge in [0.2, 0.25) is 11.8 Å². The first-order valence-corrected chi connectivity index (χ1v) is 5.44. The van der Waals surface area contributed by atoms with E-state index < -0.39 is 29.9 Å². The Morgan fingerprint density at radius 2 is 2.06 bits per heavy atom. The molecule has 0 saturated carbocycles. The summed E-state index contributed by atoms with van der Waals surface area (Å²) in [6.45, 7) is 0. The van der Waals surface area contributed by atoms with Gasteiger partial charge in [-0.15, -0.1) is 0 Å². The van der Waals surface area contributed by atoms with E-state index in [2.05, 4.69) is 10.6 Å². The van der Waals surface area contributed by atoms with Gasteiger partial charge in [-0.2, -0.15) is 0 Å². The number of amides is 2.